The van der Waals surface area contributed by atoms with E-state index in [1.807, 2.05) is 31.2 Å². The van der Waals surface area contributed by atoms with Crippen LogP contribution in [0.3, 0.4) is 0 Å². The first-order valence-electron chi connectivity index (χ1n) is 11.9. The fraction of sp³-hybridized carbons (Fsp3) is 0.259. The fourth-order valence-corrected chi connectivity index (χ4v) is 5.38. The van der Waals surface area contributed by atoms with Gasteiger partial charge in [0.2, 0.25) is 11.8 Å². The zero-order valence-electron chi connectivity index (χ0n) is 22.2. The molecule has 4 aromatic rings. The molecular weight excluding hydrogens is 595 g/mol. The van der Waals surface area contributed by atoms with Gasteiger partial charge >= 0.3 is 0 Å². The van der Waals surface area contributed by atoms with Crippen LogP contribution in [0.15, 0.2) is 46.0 Å². The molecule has 0 spiro atoms. The van der Waals surface area contributed by atoms with E-state index in [1.54, 1.807) is 0 Å². The number of benzene rings is 2. The maximum Gasteiger partial charge on any atom is 0.262 e. The summed E-state index contributed by atoms with van der Waals surface area (Å²) in [4.78, 5) is 27.1. The predicted molar refractivity (Wildman–Crippen MR) is 159 cm³/mol. The molecule has 0 unspecified atom stereocenters. The van der Waals surface area contributed by atoms with Crippen LogP contribution < -0.4 is 15.9 Å². The molecule has 4 rings (SSSR count). The Hall–Kier alpha value is -3.38. The van der Waals surface area contributed by atoms with Gasteiger partial charge in [0.05, 0.1) is 27.1 Å². The number of aromatic nitrogens is 4. The molecule has 40 heavy (non-hydrogen) atoms. The molecule has 0 saturated carbocycles. The average molecular weight is 622 g/mol. The first-order valence-corrected chi connectivity index (χ1v) is 13.5. The molecule has 0 atom stereocenters. The summed E-state index contributed by atoms with van der Waals surface area (Å²) in [5, 5.41) is 22.5. The smallest absolute Gasteiger partial charge is 0.262 e. The summed E-state index contributed by atoms with van der Waals surface area (Å²) in [7, 11) is 5.84. The summed E-state index contributed by atoms with van der Waals surface area (Å²) in [6.07, 6.45) is 0. The molecule has 9 nitrogen and oxygen atoms in total. The Balaban J connectivity index is 1.99. The molecule has 0 aliphatic heterocycles. The van der Waals surface area contributed by atoms with Crippen molar-refractivity contribution in [1.82, 2.24) is 18.3 Å². The van der Waals surface area contributed by atoms with E-state index in [-0.39, 0.29) is 48.6 Å². The van der Waals surface area contributed by atoms with Crippen molar-refractivity contribution in [3.8, 4) is 17.5 Å². The summed E-state index contributed by atoms with van der Waals surface area (Å²) in [5.74, 6) is -2.10. The standard InChI is InChI=1S/C27H26Cl2N4O5S2/c1-13-6-8-14(9-7-13)12-38-21-16(28)10-15(11-17(21)29)18(19-22(34)30(2)26(39)31(3)23(19)35)20-24(36)32(4)27(40)33(5)25(20)37/h6-11,18,34,36H,12H2,1-5H3. The number of aryl methyl sites for hydroxylation is 1. The lowest BCUT2D eigenvalue weighted by Crippen LogP contribution is -2.33. The molecular formula is C27H26Cl2N4O5S2. The number of rotatable bonds is 6. The number of nitrogens with zero attached hydrogens (tertiary/aromatic N) is 4. The molecule has 0 aliphatic carbocycles. The summed E-state index contributed by atoms with van der Waals surface area (Å²) < 4.78 is 10.8. The SMILES string of the molecule is Cc1ccc(COc2c(Cl)cc(C(c3c(O)n(C)c(=S)n(C)c3=O)c3c(O)n(C)c(=S)n(C)c3=O)cc2Cl)cc1. The van der Waals surface area contributed by atoms with E-state index in [2.05, 4.69) is 0 Å². The Morgan fingerprint density at radius 2 is 1.23 bits per heavy atom. The van der Waals surface area contributed by atoms with Crippen molar-refractivity contribution >= 4 is 47.6 Å². The Labute approximate surface area is 249 Å². The third-order valence-corrected chi connectivity index (χ3v) is 8.43. The minimum atomic E-state index is -1.32. The maximum atomic E-state index is 13.5. The molecule has 2 aromatic carbocycles. The van der Waals surface area contributed by atoms with Crippen molar-refractivity contribution in [3.63, 3.8) is 0 Å². The highest BCUT2D eigenvalue weighted by Crippen LogP contribution is 2.42. The van der Waals surface area contributed by atoms with Crippen LogP contribution in [-0.2, 0) is 34.8 Å². The van der Waals surface area contributed by atoms with Crippen molar-refractivity contribution in [2.75, 3.05) is 0 Å². The molecule has 0 amide bonds. The van der Waals surface area contributed by atoms with Crippen molar-refractivity contribution in [2.45, 2.75) is 19.4 Å². The van der Waals surface area contributed by atoms with Gasteiger partial charge in [0.25, 0.3) is 11.1 Å². The number of hydrogen-bond acceptors (Lipinski definition) is 7. The average Bonchev–Trinajstić information content (AvgIpc) is 2.92. The third-order valence-electron chi connectivity index (χ3n) is 6.77. The highest BCUT2D eigenvalue weighted by molar-refractivity contribution is 7.71. The summed E-state index contributed by atoms with van der Waals surface area (Å²) >= 11 is 23.8. The van der Waals surface area contributed by atoms with Crippen LogP contribution in [0.25, 0.3) is 0 Å². The molecule has 2 N–H and O–H groups in total. The Bertz CT molecular complexity index is 1780. The summed E-state index contributed by atoms with van der Waals surface area (Å²) in [6, 6.07) is 10.7. The van der Waals surface area contributed by atoms with E-state index >= 15 is 0 Å². The van der Waals surface area contributed by atoms with Gasteiger partial charge in [0.15, 0.2) is 15.3 Å². The summed E-state index contributed by atoms with van der Waals surface area (Å²) in [6.45, 7) is 2.17. The van der Waals surface area contributed by atoms with Crippen LogP contribution in [0.1, 0.15) is 33.7 Å². The molecule has 0 bridgehead atoms. The van der Waals surface area contributed by atoms with Crippen molar-refractivity contribution in [3.05, 3.63) is 105 Å². The third kappa shape index (κ3) is 5.10. The van der Waals surface area contributed by atoms with Gasteiger partial charge in [0.1, 0.15) is 6.61 Å². The number of halogens is 2. The first kappa shape index (κ1) is 29.6. The molecule has 2 heterocycles. The Morgan fingerprint density at radius 3 is 1.65 bits per heavy atom. The first-order chi connectivity index (χ1) is 18.8. The number of ether oxygens (including phenoxy) is 1. The zero-order valence-corrected chi connectivity index (χ0v) is 25.4. The Morgan fingerprint density at radius 1 is 0.800 bits per heavy atom. The van der Waals surface area contributed by atoms with Gasteiger partial charge in [-0.2, -0.15) is 0 Å². The highest BCUT2D eigenvalue weighted by atomic mass is 35.5. The molecule has 13 heteroatoms. The second-order valence-corrected chi connectivity index (χ2v) is 11.0. The van der Waals surface area contributed by atoms with Crippen LogP contribution in [0.5, 0.6) is 17.5 Å². The zero-order chi connectivity index (χ0) is 29.6. The van der Waals surface area contributed by atoms with Crippen LogP contribution in [0.4, 0.5) is 0 Å². The van der Waals surface area contributed by atoms with E-state index in [4.69, 9.17) is 52.4 Å². The molecule has 0 saturated heterocycles. The van der Waals surface area contributed by atoms with Crippen LogP contribution in [0.2, 0.25) is 10.0 Å². The van der Waals surface area contributed by atoms with Gasteiger partial charge in [0, 0.05) is 28.2 Å². The van der Waals surface area contributed by atoms with Gasteiger partial charge in [-0.05, 0) is 54.6 Å². The van der Waals surface area contributed by atoms with E-state index in [0.717, 1.165) is 20.3 Å². The largest absolute Gasteiger partial charge is 0.494 e. The van der Waals surface area contributed by atoms with Crippen molar-refractivity contribution in [1.29, 1.82) is 0 Å². The van der Waals surface area contributed by atoms with E-state index < -0.39 is 28.8 Å². The highest BCUT2D eigenvalue weighted by Gasteiger charge is 2.33. The van der Waals surface area contributed by atoms with E-state index in [0.29, 0.717) is 0 Å². The molecule has 0 fully saturated rings. The molecule has 210 valence electrons. The number of hydrogen-bond donors (Lipinski definition) is 2. The lowest BCUT2D eigenvalue weighted by atomic mass is 9.86. The van der Waals surface area contributed by atoms with Crippen molar-refractivity contribution < 1.29 is 14.9 Å². The topological polar surface area (TPSA) is 104 Å². The second kappa shape index (κ2) is 11.2. The van der Waals surface area contributed by atoms with Crippen LogP contribution >= 0.6 is 47.6 Å². The van der Waals surface area contributed by atoms with Gasteiger partial charge < -0.3 is 14.9 Å². The van der Waals surface area contributed by atoms with Gasteiger partial charge in [-0.25, -0.2) is 0 Å². The summed E-state index contributed by atoms with van der Waals surface area (Å²) in [5.41, 5.74) is 0.454. The van der Waals surface area contributed by atoms with E-state index in [1.165, 1.54) is 49.5 Å². The lowest BCUT2D eigenvalue weighted by molar-refractivity contribution is 0.306. The normalized spacial score (nSPS) is 11.3. The Kier molecular flexibility index (Phi) is 8.32. The van der Waals surface area contributed by atoms with Crippen LogP contribution in [0, 0.1) is 16.5 Å². The minimum absolute atomic E-state index is 0.0458. The second-order valence-electron chi connectivity index (χ2n) is 9.41. The monoisotopic (exact) mass is 620 g/mol. The molecule has 0 aliphatic rings. The van der Waals surface area contributed by atoms with Crippen molar-refractivity contribution in [2.24, 2.45) is 28.2 Å². The van der Waals surface area contributed by atoms with Crippen LogP contribution in [-0.4, -0.2) is 28.5 Å². The van der Waals surface area contributed by atoms with E-state index in [9.17, 15) is 19.8 Å². The lowest BCUT2D eigenvalue weighted by Gasteiger charge is -2.24. The van der Waals surface area contributed by atoms with Gasteiger partial charge in [-0.3, -0.25) is 27.9 Å². The quantitative estimate of drug-likeness (QED) is 0.292. The minimum Gasteiger partial charge on any atom is -0.494 e. The fourth-order valence-electron chi connectivity index (χ4n) is 4.43. The maximum absolute atomic E-state index is 13.5. The van der Waals surface area contributed by atoms with Gasteiger partial charge in [-0.15, -0.1) is 0 Å². The number of aromatic hydroxyl groups is 2. The molecule has 0 radical (unpaired) electrons. The predicted octanol–water partition coefficient (Wildman–Crippen LogP) is 5.01. The van der Waals surface area contributed by atoms with Gasteiger partial charge in [-0.1, -0.05) is 53.0 Å². The molecule has 2 aromatic heterocycles.